The van der Waals surface area contributed by atoms with Gasteiger partial charge in [0.05, 0.1) is 9.92 Å². The molecule has 1 rings (SSSR count). The zero-order valence-corrected chi connectivity index (χ0v) is 14.0. The molecule has 0 unspecified atom stereocenters. The van der Waals surface area contributed by atoms with Gasteiger partial charge in [-0.25, -0.2) is 12.8 Å². The summed E-state index contributed by atoms with van der Waals surface area (Å²) in [5.41, 5.74) is 0.271. The van der Waals surface area contributed by atoms with Gasteiger partial charge in [-0.15, -0.1) is 11.6 Å². The smallest absolute Gasteiger partial charge is 0.207 e. The topological polar surface area (TPSA) is 37.4 Å². The van der Waals surface area contributed by atoms with E-state index in [0.717, 1.165) is 6.07 Å². The van der Waals surface area contributed by atoms with Crippen LogP contribution in [0.15, 0.2) is 17.0 Å². The lowest BCUT2D eigenvalue weighted by atomic mass is 10.2. The van der Waals surface area contributed by atoms with Gasteiger partial charge in [0.2, 0.25) is 10.0 Å². The van der Waals surface area contributed by atoms with Crippen molar-refractivity contribution in [2.24, 2.45) is 5.92 Å². The first-order valence-electron chi connectivity index (χ1n) is 6.28. The van der Waals surface area contributed by atoms with Gasteiger partial charge in [0.25, 0.3) is 0 Å². The Morgan fingerprint density at radius 3 is 2.40 bits per heavy atom. The molecule has 0 heterocycles. The van der Waals surface area contributed by atoms with E-state index < -0.39 is 15.8 Å². The van der Waals surface area contributed by atoms with Crippen LogP contribution in [0.1, 0.15) is 26.3 Å². The fourth-order valence-electron chi connectivity index (χ4n) is 1.82. The number of hydrogen-bond acceptors (Lipinski definition) is 2. The Morgan fingerprint density at radius 2 is 1.95 bits per heavy atom. The Bertz CT molecular complexity index is 576. The molecule has 1 aromatic rings. The summed E-state index contributed by atoms with van der Waals surface area (Å²) in [7, 11) is -3.74. The number of benzene rings is 1. The first kappa shape index (κ1) is 17.7. The highest BCUT2D eigenvalue weighted by molar-refractivity contribution is 7.89. The lowest BCUT2D eigenvalue weighted by molar-refractivity contribution is 0.380. The monoisotopic (exact) mass is 341 g/mol. The molecule has 7 heteroatoms. The van der Waals surface area contributed by atoms with Crippen LogP contribution in [0.4, 0.5) is 4.39 Å². The molecule has 0 amide bonds. The van der Waals surface area contributed by atoms with Crippen LogP contribution in [0.5, 0.6) is 0 Å². The Morgan fingerprint density at radius 1 is 1.35 bits per heavy atom. The van der Waals surface area contributed by atoms with Crippen molar-refractivity contribution in [1.29, 1.82) is 0 Å². The standard InChI is InChI=1S/C13H18Cl2FNO2S/c1-4-17(8-9(2)3)20(18,19)11-5-10(7-14)13(15)12(16)6-11/h5-6,9H,4,7-8H2,1-3H3. The third-order valence-electron chi connectivity index (χ3n) is 2.78. The molecule has 0 aliphatic carbocycles. The molecule has 0 radical (unpaired) electrons. The molecule has 3 nitrogen and oxygen atoms in total. The maximum Gasteiger partial charge on any atom is 0.243 e. The van der Waals surface area contributed by atoms with Crippen molar-refractivity contribution in [2.75, 3.05) is 13.1 Å². The molecule has 0 aromatic heterocycles. The third-order valence-corrected chi connectivity index (χ3v) is 5.41. The Kier molecular flexibility index (Phi) is 6.25. The van der Waals surface area contributed by atoms with E-state index in [2.05, 4.69) is 0 Å². The molecule has 0 atom stereocenters. The highest BCUT2D eigenvalue weighted by atomic mass is 35.5. The van der Waals surface area contributed by atoms with Crippen LogP contribution in [0.25, 0.3) is 0 Å². The van der Waals surface area contributed by atoms with E-state index >= 15 is 0 Å². The van der Waals surface area contributed by atoms with Crippen molar-refractivity contribution < 1.29 is 12.8 Å². The lowest BCUT2D eigenvalue weighted by Crippen LogP contribution is -2.34. The molecule has 1 aromatic carbocycles. The van der Waals surface area contributed by atoms with Gasteiger partial charge in [0.15, 0.2) is 0 Å². The molecule has 0 aliphatic heterocycles. The van der Waals surface area contributed by atoms with E-state index in [1.165, 1.54) is 10.4 Å². The summed E-state index contributed by atoms with van der Waals surface area (Å²) in [6, 6.07) is 2.27. The number of sulfonamides is 1. The fraction of sp³-hybridized carbons (Fsp3) is 0.538. The van der Waals surface area contributed by atoms with Crippen LogP contribution in [0.2, 0.25) is 5.02 Å². The lowest BCUT2D eigenvalue weighted by Gasteiger charge is -2.22. The molecule has 0 spiro atoms. The van der Waals surface area contributed by atoms with Gasteiger partial charge in [0, 0.05) is 19.0 Å². The summed E-state index contributed by atoms with van der Waals surface area (Å²) in [6.07, 6.45) is 0. The SMILES string of the molecule is CCN(CC(C)C)S(=O)(=O)c1cc(F)c(Cl)c(CCl)c1. The minimum Gasteiger partial charge on any atom is -0.207 e. The van der Waals surface area contributed by atoms with Crippen LogP contribution >= 0.6 is 23.2 Å². The number of rotatable bonds is 6. The molecular formula is C13H18Cl2FNO2S. The van der Waals surface area contributed by atoms with E-state index in [1.54, 1.807) is 6.92 Å². The number of alkyl halides is 1. The van der Waals surface area contributed by atoms with Crippen molar-refractivity contribution in [1.82, 2.24) is 4.31 Å². The van der Waals surface area contributed by atoms with Crippen LogP contribution in [-0.2, 0) is 15.9 Å². The zero-order valence-electron chi connectivity index (χ0n) is 11.7. The van der Waals surface area contributed by atoms with Gasteiger partial charge in [-0.3, -0.25) is 0 Å². The van der Waals surface area contributed by atoms with Crippen LogP contribution in [0, 0.1) is 11.7 Å². The molecule has 20 heavy (non-hydrogen) atoms. The predicted octanol–water partition coefficient (Wildman–Crippen LogP) is 3.88. The second-order valence-corrected chi connectivity index (χ2v) is 7.44. The van der Waals surface area contributed by atoms with Gasteiger partial charge in [-0.1, -0.05) is 32.4 Å². The van der Waals surface area contributed by atoms with Crippen LogP contribution < -0.4 is 0 Å². The van der Waals surface area contributed by atoms with Crippen molar-refractivity contribution >= 4 is 33.2 Å². The molecule has 114 valence electrons. The highest BCUT2D eigenvalue weighted by Gasteiger charge is 2.25. The quantitative estimate of drug-likeness (QED) is 0.736. The largest absolute Gasteiger partial charge is 0.243 e. The second kappa shape index (κ2) is 7.07. The second-order valence-electron chi connectivity index (χ2n) is 4.86. The van der Waals surface area contributed by atoms with Gasteiger partial charge in [0.1, 0.15) is 5.82 Å². The number of hydrogen-bond donors (Lipinski definition) is 0. The van der Waals surface area contributed by atoms with Gasteiger partial charge in [-0.2, -0.15) is 4.31 Å². The van der Waals surface area contributed by atoms with Gasteiger partial charge >= 0.3 is 0 Å². The zero-order chi connectivity index (χ0) is 15.5. The Balaban J connectivity index is 3.31. The predicted molar refractivity (Wildman–Crippen MR) is 80.2 cm³/mol. The van der Waals surface area contributed by atoms with Crippen molar-refractivity contribution in [2.45, 2.75) is 31.5 Å². The molecule has 0 bridgehead atoms. The summed E-state index contributed by atoms with van der Waals surface area (Å²) in [5.74, 6) is -0.645. The van der Waals surface area contributed by atoms with Crippen molar-refractivity contribution in [3.63, 3.8) is 0 Å². The fourth-order valence-corrected chi connectivity index (χ4v) is 3.95. The first-order chi connectivity index (χ1) is 9.23. The summed E-state index contributed by atoms with van der Waals surface area (Å²) in [4.78, 5) is -0.113. The van der Waals surface area contributed by atoms with Crippen molar-refractivity contribution in [3.8, 4) is 0 Å². The number of nitrogens with zero attached hydrogens (tertiary/aromatic N) is 1. The van der Waals surface area contributed by atoms with E-state index in [1.807, 2.05) is 13.8 Å². The summed E-state index contributed by atoms with van der Waals surface area (Å²) in [5, 5.41) is -0.133. The number of halogens is 3. The molecule has 0 aliphatic rings. The molecule has 0 fully saturated rings. The first-order valence-corrected chi connectivity index (χ1v) is 8.63. The maximum atomic E-state index is 13.7. The molecule has 0 saturated carbocycles. The summed E-state index contributed by atoms with van der Waals surface area (Å²) < 4.78 is 40.0. The molecular weight excluding hydrogens is 324 g/mol. The normalized spacial score (nSPS) is 12.4. The minimum atomic E-state index is -3.74. The van der Waals surface area contributed by atoms with Gasteiger partial charge < -0.3 is 0 Å². The van der Waals surface area contributed by atoms with Crippen LogP contribution in [-0.4, -0.2) is 25.8 Å². The van der Waals surface area contributed by atoms with Crippen LogP contribution in [0.3, 0.4) is 0 Å². The highest BCUT2D eigenvalue weighted by Crippen LogP contribution is 2.27. The Labute approximate surface area is 129 Å². The molecule has 0 N–H and O–H groups in total. The van der Waals surface area contributed by atoms with E-state index in [0.29, 0.717) is 13.1 Å². The molecule has 0 saturated heterocycles. The summed E-state index contributed by atoms with van der Waals surface area (Å²) >= 11 is 11.4. The van der Waals surface area contributed by atoms with E-state index in [-0.39, 0.29) is 27.3 Å². The third kappa shape index (κ3) is 3.85. The average Bonchev–Trinajstić information content (AvgIpc) is 2.38. The average molecular weight is 342 g/mol. The van der Waals surface area contributed by atoms with E-state index in [9.17, 15) is 12.8 Å². The maximum absolute atomic E-state index is 13.7. The van der Waals surface area contributed by atoms with Crippen molar-refractivity contribution in [3.05, 3.63) is 28.5 Å². The summed E-state index contributed by atoms with van der Waals surface area (Å²) in [6.45, 7) is 6.28. The minimum absolute atomic E-state index is 0.0462. The van der Waals surface area contributed by atoms with E-state index in [4.69, 9.17) is 23.2 Å². The van der Waals surface area contributed by atoms with Gasteiger partial charge in [-0.05, 0) is 23.6 Å². The Hall–Kier alpha value is -0.360.